The van der Waals surface area contributed by atoms with Crippen LogP contribution in [0.5, 0.6) is 0 Å². The van der Waals surface area contributed by atoms with Gasteiger partial charge in [0.2, 0.25) is 5.89 Å². The molecule has 1 atom stereocenters. The molecule has 130 valence electrons. The molecule has 25 heavy (non-hydrogen) atoms. The zero-order valence-corrected chi connectivity index (χ0v) is 14.5. The first-order valence-corrected chi connectivity index (χ1v) is 8.57. The monoisotopic (exact) mass is 338 g/mol. The molecule has 6 nitrogen and oxygen atoms in total. The van der Waals surface area contributed by atoms with E-state index in [0.29, 0.717) is 18.3 Å². The number of hydrogen-bond donors (Lipinski definition) is 1. The van der Waals surface area contributed by atoms with Crippen molar-refractivity contribution in [3.63, 3.8) is 0 Å². The van der Waals surface area contributed by atoms with Crippen LogP contribution >= 0.6 is 0 Å². The van der Waals surface area contributed by atoms with Crippen LogP contribution in [-0.2, 0) is 24.8 Å². The van der Waals surface area contributed by atoms with Gasteiger partial charge in [-0.2, -0.15) is 0 Å². The summed E-state index contributed by atoms with van der Waals surface area (Å²) in [6.45, 7) is 4.06. The molecular weight excluding hydrogens is 316 g/mol. The lowest BCUT2D eigenvalue weighted by Gasteiger charge is -2.26. The van der Waals surface area contributed by atoms with E-state index in [-0.39, 0.29) is 6.10 Å². The summed E-state index contributed by atoms with van der Waals surface area (Å²) in [5.74, 6) is 1.13. The van der Waals surface area contributed by atoms with Crippen molar-refractivity contribution in [1.82, 2.24) is 20.1 Å². The maximum absolute atomic E-state index is 5.90. The number of nitrogens with one attached hydrogen (secondary N) is 1. The zero-order chi connectivity index (χ0) is 17.2. The second-order valence-electron chi connectivity index (χ2n) is 6.36. The van der Waals surface area contributed by atoms with Crippen LogP contribution in [0.2, 0.25) is 0 Å². The lowest BCUT2D eigenvalue weighted by molar-refractivity contribution is 0.0420. The molecular formula is C19H22N4O2. The zero-order valence-electron chi connectivity index (χ0n) is 14.5. The van der Waals surface area contributed by atoms with Crippen LogP contribution in [-0.4, -0.2) is 27.9 Å². The second kappa shape index (κ2) is 6.82. The summed E-state index contributed by atoms with van der Waals surface area (Å²) in [7, 11) is 1.99. The molecule has 0 saturated carbocycles. The highest BCUT2D eigenvalue weighted by Crippen LogP contribution is 2.26. The predicted molar refractivity (Wildman–Crippen MR) is 94.0 cm³/mol. The van der Waals surface area contributed by atoms with Crippen LogP contribution in [0.25, 0.3) is 11.6 Å². The quantitative estimate of drug-likeness (QED) is 0.775. The first kappa shape index (κ1) is 16.1. The Kier molecular flexibility index (Phi) is 4.38. The van der Waals surface area contributed by atoms with Crippen molar-refractivity contribution >= 4 is 0 Å². The highest BCUT2D eigenvalue weighted by molar-refractivity contribution is 5.48. The van der Waals surface area contributed by atoms with Crippen LogP contribution in [0.15, 0.2) is 40.8 Å². The molecule has 0 unspecified atom stereocenters. The third-order valence-electron chi connectivity index (χ3n) is 4.76. The van der Waals surface area contributed by atoms with Gasteiger partial charge in [-0.3, -0.25) is 0 Å². The molecule has 0 fully saturated rings. The summed E-state index contributed by atoms with van der Waals surface area (Å²) in [6.07, 6.45) is 1.05. The standard InChI is InChI=1S/C19H22N4O2/c1-13-7-8-16(23(13)2)19-22-21-18(25-19)12-20-11-17-15-6-4-3-5-14(15)9-10-24-17/h3-8,17,20H,9-12H2,1-2H3/t17-/m1/s1. The van der Waals surface area contributed by atoms with E-state index >= 15 is 0 Å². The number of aromatic nitrogens is 3. The molecule has 1 N–H and O–H groups in total. The van der Waals surface area contributed by atoms with E-state index in [1.54, 1.807) is 0 Å². The summed E-state index contributed by atoms with van der Waals surface area (Å²) in [4.78, 5) is 0. The molecule has 1 aliphatic heterocycles. The van der Waals surface area contributed by atoms with E-state index in [2.05, 4.69) is 39.8 Å². The van der Waals surface area contributed by atoms with Gasteiger partial charge in [0.05, 0.1) is 19.3 Å². The fourth-order valence-corrected chi connectivity index (χ4v) is 3.21. The number of fused-ring (bicyclic) bond motifs is 1. The van der Waals surface area contributed by atoms with Crippen LogP contribution in [0.3, 0.4) is 0 Å². The van der Waals surface area contributed by atoms with Gasteiger partial charge in [0.25, 0.3) is 5.89 Å². The molecule has 6 heteroatoms. The van der Waals surface area contributed by atoms with E-state index < -0.39 is 0 Å². The van der Waals surface area contributed by atoms with E-state index in [1.807, 2.05) is 30.7 Å². The molecule has 0 amide bonds. The van der Waals surface area contributed by atoms with E-state index in [4.69, 9.17) is 9.15 Å². The molecule has 1 aromatic carbocycles. The van der Waals surface area contributed by atoms with Gasteiger partial charge >= 0.3 is 0 Å². The molecule has 0 radical (unpaired) electrons. The van der Waals surface area contributed by atoms with E-state index in [0.717, 1.165) is 31.0 Å². The number of rotatable bonds is 5. The summed E-state index contributed by atoms with van der Waals surface area (Å²) in [5.41, 5.74) is 4.73. The number of benzene rings is 1. The normalized spacial score (nSPS) is 16.8. The Labute approximate surface area is 146 Å². The Morgan fingerprint density at radius 1 is 1.20 bits per heavy atom. The molecule has 3 aromatic rings. The van der Waals surface area contributed by atoms with E-state index in [9.17, 15) is 0 Å². The number of aryl methyl sites for hydroxylation is 1. The van der Waals surface area contributed by atoms with Gasteiger partial charge in [-0.25, -0.2) is 0 Å². The fourth-order valence-electron chi connectivity index (χ4n) is 3.21. The molecule has 4 rings (SSSR count). The van der Waals surface area contributed by atoms with Gasteiger partial charge < -0.3 is 19.0 Å². The van der Waals surface area contributed by atoms with Crippen molar-refractivity contribution in [2.24, 2.45) is 7.05 Å². The second-order valence-corrected chi connectivity index (χ2v) is 6.36. The highest BCUT2D eigenvalue weighted by atomic mass is 16.5. The molecule has 1 aliphatic rings. The average Bonchev–Trinajstić information content (AvgIpc) is 3.22. The van der Waals surface area contributed by atoms with Crippen molar-refractivity contribution in [1.29, 1.82) is 0 Å². The predicted octanol–water partition coefficient (Wildman–Crippen LogP) is 2.79. The maximum Gasteiger partial charge on any atom is 0.264 e. The Balaban J connectivity index is 1.38. The SMILES string of the molecule is Cc1ccc(-c2nnc(CNC[C@H]3OCCc4ccccc43)o2)n1C. The molecule has 2 aromatic heterocycles. The number of ether oxygens (including phenoxy) is 1. The summed E-state index contributed by atoms with van der Waals surface area (Å²) >= 11 is 0. The summed E-state index contributed by atoms with van der Waals surface area (Å²) in [6, 6.07) is 12.5. The molecule has 3 heterocycles. The Morgan fingerprint density at radius 3 is 2.92 bits per heavy atom. The van der Waals surface area contributed by atoms with Crippen LogP contribution in [0.4, 0.5) is 0 Å². The topological polar surface area (TPSA) is 65.1 Å². The van der Waals surface area contributed by atoms with Crippen molar-refractivity contribution < 1.29 is 9.15 Å². The molecule has 0 spiro atoms. The van der Waals surface area contributed by atoms with Crippen molar-refractivity contribution in [2.45, 2.75) is 26.0 Å². The number of nitrogens with zero attached hydrogens (tertiary/aromatic N) is 3. The van der Waals surface area contributed by atoms with Crippen molar-refractivity contribution in [3.05, 3.63) is 59.1 Å². The maximum atomic E-state index is 5.90. The van der Waals surface area contributed by atoms with Crippen LogP contribution in [0, 0.1) is 6.92 Å². The smallest absolute Gasteiger partial charge is 0.264 e. The Hall–Kier alpha value is -2.44. The summed E-state index contributed by atoms with van der Waals surface area (Å²) < 4.78 is 13.7. The minimum atomic E-state index is 0.0721. The van der Waals surface area contributed by atoms with Crippen molar-refractivity contribution in [2.75, 3.05) is 13.2 Å². The third kappa shape index (κ3) is 3.23. The largest absolute Gasteiger partial charge is 0.418 e. The highest BCUT2D eigenvalue weighted by Gasteiger charge is 2.20. The van der Waals surface area contributed by atoms with Gasteiger partial charge in [-0.15, -0.1) is 10.2 Å². The molecule has 0 aliphatic carbocycles. The molecule has 0 bridgehead atoms. The third-order valence-corrected chi connectivity index (χ3v) is 4.76. The molecule has 0 saturated heterocycles. The Bertz CT molecular complexity index is 868. The van der Waals surface area contributed by atoms with Gasteiger partial charge in [0.1, 0.15) is 5.69 Å². The van der Waals surface area contributed by atoms with Crippen LogP contribution in [0.1, 0.15) is 28.8 Å². The average molecular weight is 338 g/mol. The minimum absolute atomic E-state index is 0.0721. The lowest BCUT2D eigenvalue weighted by Crippen LogP contribution is -2.27. The summed E-state index contributed by atoms with van der Waals surface area (Å²) in [5, 5.41) is 11.7. The minimum Gasteiger partial charge on any atom is -0.418 e. The Morgan fingerprint density at radius 2 is 2.08 bits per heavy atom. The van der Waals surface area contributed by atoms with Crippen molar-refractivity contribution in [3.8, 4) is 11.6 Å². The first-order chi connectivity index (χ1) is 12.2. The van der Waals surface area contributed by atoms with Gasteiger partial charge in [-0.05, 0) is 36.6 Å². The van der Waals surface area contributed by atoms with E-state index in [1.165, 1.54) is 11.1 Å². The van der Waals surface area contributed by atoms with Gasteiger partial charge in [0, 0.05) is 19.3 Å². The number of hydrogen-bond acceptors (Lipinski definition) is 5. The van der Waals surface area contributed by atoms with Gasteiger partial charge in [-0.1, -0.05) is 24.3 Å². The van der Waals surface area contributed by atoms with Gasteiger partial charge in [0.15, 0.2) is 0 Å². The first-order valence-electron chi connectivity index (χ1n) is 8.57. The van der Waals surface area contributed by atoms with Crippen LogP contribution < -0.4 is 5.32 Å². The lowest BCUT2D eigenvalue weighted by atomic mass is 9.97. The fraction of sp³-hybridized carbons (Fsp3) is 0.368.